The highest BCUT2D eigenvalue weighted by atomic mass is 16.2. The van der Waals surface area contributed by atoms with E-state index in [0.29, 0.717) is 6.54 Å². The van der Waals surface area contributed by atoms with E-state index in [1.807, 2.05) is 47.4 Å². The van der Waals surface area contributed by atoms with Gasteiger partial charge in [0.25, 0.3) is 0 Å². The van der Waals surface area contributed by atoms with Crippen molar-refractivity contribution in [3.63, 3.8) is 0 Å². The van der Waals surface area contributed by atoms with Gasteiger partial charge in [-0.1, -0.05) is 30.3 Å². The third kappa shape index (κ3) is 4.07. The van der Waals surface area contributed by atoms with E-state index in [1.54, 1.807) is 0 Å². The van der Waals surface area contributed by atoms with Crippen LogP contribution in [0.5, 0.6) is 0 Å². The molecule has 1 aliphatic heterocycles. The minimum Gasteiger partial charge on any atom is -0.369 e. The lowest BCUT2D eigenvalue weighted by molar-refractivity contribution is -0.124. The Morgan fingerprint density at radius 2 is 2.00 bits per heavy atom. The first kappa shape index (κ1) is 18.3. The minimum absolute atomic E-state index is 0.0111. The zero-order valence-electron chi connectivity index (χ0n) is 15.7. The first-order chi connectivity index (χ1) is 13.6. The molecule has 1 aromatic heterocycles. The van der Waals surface area contributed by atoms with Crippen LogP contribution in [0.25, 0.3) is 22.2 Å². The molecule has 144 valence electrons. The Hall–Kier alpha value is -3.12. The maximum atomic E-state index is 12.7. The van der Waals surface area contributed by atoms with Gasteiger partial charge in [0.05, 0.1) is 12.5 Å². The fourth-order valence-corrected chi connectivity index (χ4v) is 3.87. The number of anilines is 1. The van der Waals surface area contributed by atoms with E-state index in [2.05, 4.69) is 22.4 Å². The average Bonchev–Trinajstić information content (AvgIpc) is 3.12. The Labute approximate surface area is 163 Å². The molecule has 4 rings (SSSR count). The van der Waals surface area contributed by atoms with Gasteiger partial charge in [-0.15, -0.1) is 0 Å². The van der Waals surface area contributed by atoms with Crippen molar-refractivity contribution in [2.75, 3.05) is 25.0 Å². The SMILES string of the molecule is NC(=O)CN1CCC[C@H](C(=O)Nc2cccc(-c3cc4ccccc4[nH]3)c2)C1. The molecule has 0 spiro atoms. The molecule has 2 amide bonds. The third-order valence-corrected chi connectivity index (χ3v) is 5.23. The minimum atomic E-state index is -0.355. The Bertz CT molecular complexity index is 977. The first-order valence-corrected chi connectivity index (χ1v) is 9.58. The number of amides is 2. The highest BCUT2D eigenvalue weighted by molar-refractivity contribution is 5.94. The highest BCUT2D eigenvalue weighted by Crippen LogP contribution is 2.26. The molecule has 2 heterocycles. The molecule has 0 bridgehead atoms. The van der Waals surface area contributed by atoms with Crippen LogP contribution in [0.1, 0.15) is 12.8 Å². The van der Waals surface area contributed by atoms with Gasteiger partial charge in [-0.05, 0) is 43.7 Å². The molecule has 3 aromatic rings. The summed E-state index contributed by atoms with van der Waals surface area (Å²) in [5.41, 5.74) is 9.18. The van der Waals surface area contributed by atoms with Crippen LogP contribution >= 0.6 is 0 Å². The van der Waals surface area contributed by atoms with Crippen LogP contribution in [-0.4, -0.2) is 41.3 Å². The number of piperidine rings is 1. The zero-order chi connectivity index (χ0) is 19.5. The van der Waals surface area contributed by atoms with Crippen molar-refractivity contribution in [1.82, 2.24) is 9.88 Å². The van der Waals surface area contributed by atoms with E-state index in [9.17, 15) is 9.59 Å². The summed E-state index contributed by atoms with van der Waals surface area (Å²) in [6.07, 6.45) is 1.71. The van der Waals surface area contributed by atoms with Crippen molar-refractivity contribution in [3.05, 3.63) is 54.6 Å². The maximum absolute atomic E-state index is 12.7. The smallest absolute Gasteiger partial charge is 0.231 e. The van der Waals surface area contributed by atoms with Gasteiger partial charge in [-0.3, -0.25) is 14.5 Å². The molecule has 0 radical (unpaired) electrons. The third-order valence-electron chi connectivity index (χ3n) is 5.23. The summed E-state index contributed by atoms with van der Waals surface area (Å²) in [6.45, 7) is 1.58. The molecule has 0 unspecified atom stereocenters. The Balaban J connectivity index is 1.47. The molecule has 2 aromatic carbocycles. The van der Waals surface area contributed by atoms with Crippen LogP contribution in [0.2, 0.25) is 0 Å². The predicted molar refractivity (Wildman–Crippen MR) is 111 cm³/mol. The monoisotopic (exact) mass is 376 g/mol. The fourth-order valence-electron chi connectivity index (χ4n) is 3.87. The number of primary amides is 1. The summed E-state index contributed by atoms with van der Waals surface area (Å²) in [7, 11) is 0. The Morgan fingerprint density at radius 3 is 2.82 bits per heavy atom. The number of rotatable bonds is 5. The lowest BCUT2D eigenvalue weighted by Crippen LogP contribution is -2.44. The summed E-state index contributed by atoms with van der Waals surface area (Å²) < 4.78 is 0. The topological polar surface area (TPSA) is 91.2 Å². The van der Waals surface area contributed by atoms with Crippen molar-refractivity contribution in [1.29, 1.82) is 0 Å². The first-order valence-electron chi connectivity index (χ1n) is 9.58. The predicted octanol–water partition coefficient (Wildman–Crippen LogP) is 2.97. The molecular formula is C22H24N4O2. The van der Waals surface area contributed by atoms with Gasteiger partial charge >= 0.3 is 0 Å². The molecule has 4 N–H and O–H groups in total. The van der Waals surface area contributed by atoms with Crippen molar-refractivity contribution in [3.8, 4) is 11.3 Å². The number of carbonyl (C=O) groups is 2. The second-order valence-corrected chi connectivity index (χ2v) is 7.38. The summed E-state index contributed by atoms with van der Waals surface area (Å²) in [5, 5.41) is 4.19. The number of hydrogen-bond acceptors (Lipinski definition) is 3. The number of fused-ring (bicyclic) bond motifs is 1. The van der Waals surface area contributed by atoms with Gasteiger partial charge in [0.2, 0.25) is 11.8 Å². The number of likely N-dealkylation sites (tertiary alicyclic amines) is 1. The zero-order valence-corrected chi connectivity index (χ0v) is 15.7. The van der Waals surface area contributed by atoms with Crippen LogP contribution in [-0.2, 0) is 9.59 Å². The summed E-state index contributed by atoms with van der Waals surface area (Å²) >= 11 is 0. The van der Waals surface area contributed by atoms with Gasteiger partial charge in [0.1, 0.15) is 0 Å². The number of carbonyl (C=O) groups excluding carboxylic acids is 2. The number of aromatic nitrogens is 1. The molecule has 6 nitrogen and oxygen atoms in total. The number of benzene rings is 2. The Morgan fingerprint density at radius 1 is 1.14 bits per heavy atom. The van der Waals surface area contributed by atoms with Gasteiger partial charge in [-0.2, -0.15) is 0 Å². The second kappa shape index (κ2) is 7.86. The average molecular weight is 376 g/mol. The number of aromatic amines is 1. The van der Waals surface area contributed by atoms with Crippen LogP contribution in [0.15, 0.2) is 54.6 Å². The van der Waals surface area contributed by atoms with Crippen molar-refractivity contribution in [2.45, 2.75) is 12.8 Å². The molecule has 1 fully saturated rings. The summed E-state index contributed by atoms with van der Waals surface area (Å²) in [5.74, 6) is -0.500. The lowest BCUT2D eigenvalue weighted by atomic mass is 9.97. The number of H-pyrrole nitrogens is 1. The molecule has 1 aliphatic rings. The molecule has 0 aliphatic carbocycles. The molecule has 1 atom stereocenters. The number of nitrogens with one attached hydrogen (secondary N) is 2. The van der Waals surface area contributed by atoms with Crippen LogP contribution in [0.4, 0.5) is 5.69 Å². The van der Waals surface area contributed by atoms with E-state index in [0.717, 1.165) is 47.2 Å². The lowest BCUT2D eigenvalue weighted by Gasteiger charge is -2.31. The van der Waals surface area contributed by atoms with Gasteiger partial charge < -0.3 is 16.0 Å². The van der Waals surface area contributed by atoms with Gasteiger partial charge in [0, 0.05) is 34.4 Å². The van der Waals surface area contributed by atoms with Crippen LogP contribution in [0.3, 0.4) is 0 Å². The molecule has 0 saturated carbocycles. The highest BCUT2D eigenvalue weighted by Gasteiger charge is 2.26. The number of hydrogen-bond donors (Lipinski definition) is 3. The van der Waals surface area contributed by atoms with Crippen molar-refractivity contribution in [2.24, 2.45) is 11.7 Å². The van der Waals surface area contributed by atoms with Crippen LogP contribution < -0.4 is 11.1 Å². The maximum Gasteiger partial charge on any atom is 0.231 e. The van der Waals surface area contributed by atoms with Crippen molar-refractivity contribution >= 4 is 28.4 Å². The summed E-state index contributed by atoms with van der Waals surface area (Å²) in [4.78, 5) is 29.2. The normalized spacial score (nSPS) is 17.5. The van der Waals surface area contributed by atoms with Crippen molar-refractivity contribution < 1.29 is 9.59 Å². The molecule has 28 heavy (non-hydrogen) atoms. The largest absolute Gasteiger partial charge is 0.369 e. The standard InChI is InChI=1S/C22H24N4O2/c23-21(27)14-26-10-4-7-17(13-26)22(28)24-18-8-3-6-15(11-18)20-12-16-5-1-2-9-19(16)25-20/h1-3,5-6,8-9,11-12,17,25H,4,7,10,13-14H2,(H2,23,27)(H,24,28)/t17-/m0/s1. The number of nitrogens with two attached hydrogens (primary N) is 1. The van der Waals surface area contributed by atoms with E-state index >= 15 is 0 Å². The number of nitrogens with zero attached hydrogens (tertiary/aromatic N) is 1. The Kier molecular flexibility index (Phi) is 5.12. The van der Waals surface area contributed by atoms with E-state index in [4.69, 9.17) is 5.73 Å². The molecular weight excluding hydrogens is 352 g/mol. The second-order valence-electron chi connectivity index (χ2n) is 7.38. The van der Waals surface area contributed by atoms with E-state index in [1.165, 1.54) is 0 Å². The van der Waals surface area contributed by atoms with E-state index in [-0.39, 0.29) is 24.3 Å². The fraction of sp³-hybridized carbons (Fsp3) is 0.273. The molecule has 6 heteroatoms. The number of para-hydroxylation sites is 1. The van der Waals surface area contributed by atoms with E-state index < -0.39 is 0 Å². The van der Waals surface area contributed by atoms with Crippen LogP contribution in [0, 0.1) is 5.92 Å². The van der Waals surface area contributed by atoms with Gasteiger partial charge in [-0.25, -0.2) is 0 Å². The quantitative estimate of drug-likeness (QED) is 0.639. The molecule has 1 saturated heterocycles. The summed E-state index contributed by atoms with van der Waals surface area (Å²) in [6, 6.07) is 18.1. The van der Waals surface area contributed by atoms with Gasteiger partial charge in [0.15, 0.2) is 0 Å².